The molecule has 0 aliphatic carbocycles. The third kappa shape index (κ3) is 2.76. The lowest BCUT2D eigenvalue weighted by atomic mass is 10.1. The Kier molecular flexibility index (Phi) is 3.98. The van der Waals surface area contributed by atoms with Crippen LogP contribution in [0.5, 0.6) is 5.75 Å². The van der Waals surface area contributed by atoms with E-state index >= 15 is 0 Å². The number of aromatic hydroxyl groups is 1. The van der Waals surface area contributed by atoms with Crippen molar-refractivity contribution in [2.75, 3.05) is 0 Å². The van der Waals surface area contributed by atoms with Crippen LogP contribution in [0.3, 0.4) is 0 Å². The second kappa shape index (κ2) is 5.27. The molecule has 0 radical (unpaired) electrons. The number of phenols is 1. The predicted molar refractivity (Wildman–Crippen MR) is 56.0 cm³/mol. The maximum absolute atomic E-state index is 9.08. The molecule has 0 aliphatic heterocycles. The van der Waals surface area contributed by atoms with Gasteiger partial charge >= 0.3 is 0 Å². The summed E-state index contributed by atoms with van der Waals surface area (Å²) in [5, 5.41) is 21.1. The van der Waals surface area contributed by atoms with E-state index < -0.39 is 0 Å². The van der Waals surface area contributed by atoms with Gasteiger partial charge in [0.1, 0.15) is 5.75 Å². The molecule has 1 aromatic carbocycles. The number of benzene rings is 1. The molecule has 0 saturated heterocycles. The zero-order valence-electron chi connectivity index (χ0n) is 8.27. The minimum Gasteiger partial charge on any atom is -0.508 e. The van der Waals surface area contributed by atoms with Crippen LogP contribution in [0.25, 0.3) is 0 Å². The predicted octanol–water partition coefficient (Wildman–Crippen LogP) is 2.76. The molecule has 76 valence electrons. The Labute approximate surface area is 83.7 Å². The molecule has 14 heavy (non-hydrogen) atoms. The average molecular weight is 193 g/mol. The Balaban J connectivity index is 2.75. The molecular formula is C11H15NO2. The monoisotopic (exact) mass is 193 g/mol. The molecule has 0 amide bonds. The first-order chi connectivity index (χ1) is 6.77. The molecule has 2 N–H and O–H groups in total. The van der Waals surface area contributed by atoms with Gasteiger partial charge in [-0.1, -0.05) is 18.5 Å². The van der Waals surface area contributed by atoms with E-state index in [9.17, 15) is 0 Å². The minimum absolute atomic E-state index is 0.224. The summed E-state index contributed by atoms with van der Waals surface area (Å²) >= 11 is 0. The molecule has 0 aliphatic rings. The van der Waals surface area contributed by atoms with Gasteiger partial charge in [-0.15, -0.1) is 0 Å². The van der Waals surface area contributed by atoms with Crippen LogP contribution in [-0.4, -0.2) is 16.0 Å². The van der Waals surface area contributed by atoms with Crippen LogP contribution in [0.4, 0.5) is 0 Å². The Morgan fingerprint density at radius 2 is 1.93 bits per heavy atom. The van der Waals surface area contributed by atoms with Gasteiger partial charge in [-0.3, -0.25) is 0 Å². The highest BCUT2D eigenvalue weighted by Crippen LogP contribution is 2.13. The highest BCUT2D eigenvalue weighted by Gasteiger charge is 2.03. The highest BCUT2D eigenvalue weighted by molar-refractivity contribution is 6.00. The van der Waals surface area contributed by atoms with Crippen LogP contribution in [0.1, 0.15) is 31.7 Å². The summed E-state index contributed by atoms with van der Waals surface area (Å²) in [7, 11) is 0. The van der Waals surface area contributed by atoms with Crippen molar-refractivity contribution in [1.29, 1.82) is 0 Å². The summed E-state index contributed by atoms with van der Waals surface area (Å²) < 4.78 is 0. The lowest BCUT2D eigenvalue weighted by molar-refractivity contribution is 0.318. The number of unbranched alkanes of at least 4 members (excludes halogenated alkanes) is 1. The van der Waals surface area contributed by atoms with Gasteiger partial charge in [0, 0.05) is 0 Å². The molecule has 0 saturated carbocycles. The maximum atomic E-state index is 9.08. The summed E-state index contributed by atoms with van der Waals surface area (Å²) in [5.74, 6) is 0.224. The fourth-order valence-electron chi connectivity index (χ4n) is 1.25. The summed E-state index contributed by atoms with van der Waals surface area (Å²) in [4.78, 5) is 0. The molecule has 1 rings (SSSR count). The molecular weight excluding hydrogens is 178 g/mol. The van der Waals surface area contributed by atoms with Crippen LogP contribution >= 0.6 is 0 Å². The number of hydrogen-bond acceptors (Lipinski definition) is 3. The minimum atomic E-state index is 0.224. The summed E-state index contributed by atoms with van der Waals surface area (Å²) in [6, 6.07) is 6.68. The molecule has 3 heteroatoms. The van der Waals surface area contributed by atoms with Gasteiger partial charge in [-0.2, -0.15) is 0 Å². The molecule has 0 unspecified atom stereocenters. The van der Waals surface area contributed by atoms with E-state index in [0.29, 0.717) is 5.71 Å². The van der Waals surface area contributed by atoms with Crippen molar-refractivity contribution in [3.05, 3.63) is 29.8 Å². The largest absolute Gasteiger partial charge is 0.508 e. The van der Waals surface area contributed by atoms with Crippen LogP contribution in [0.15, 0.2) is 29.4 Å². The number of phenolic OH excluding ortho intramolecular Hbond substituents is 1. The van der Waals surface area contributed by atoms with E-state index in [4.69, 9.17) is 10.3 Å². The number of oxime groups is 1. The first-order valence-electron chi connectivity index (χ1n) is 4.78. The third-order valence-electron chi connectivity index (χ3n) is 2.09. The number of nitrogens with zero attached hydrogens (tertiary/aromatic N) is 1. The van der Waals surface area contributed by atoms with Crippen LogP contribution in [0, 0.1) is 0 Å². The molecule has 0 spiro atoms. The molecule has 0 fully saturated rings. The zero-order valence-corrected chi connectivity index (χ0v) is 8.27. The standard InChI is InChI=1S/C11H15NO2/c1-2-3-4-11(12-14)9-5-7-10(13)8-6-9/h5-8,13-14H,2-4H2,1H3/b12-11-. The molecule has 0 bridgehead atoms. The number of hydrogen-bond donors (Lipinski definition) is 2. The van der Waals surface area contributed by atoms with Crippen LogP contribution in [-0.2, 0) is 0 Å². The smallest absolute Gasteiger partial charge is 0.115 e. The topological polar surface area (TPSA) is 52.8 Å². The Bertz CT molecular complexity index is 304. The van der Waals surface area contributed by atoms with Crippen molar-refractivity contribution in [3.8, 4) is 5.75 Å². The van der Waals surface area contributed by atoms with Crippen LogP contribution in [0.2, 0.25) is 0 Å². The highest BCUT2D eigenvalue weighted by atomic mass is 16.4. The number of rotatable bonds is 4. The maximum Gasteiger partial charge on any atom is 0.115 e. The fourth-order valence-corrected chi connectivity index (χ4v) is 1.25. The lowest BCUT2D eigenvalue weighted by Gasteiger charge is -2.03. The van der Waals surface area contributed by atoms with Crippen molar-refractivity contribution in [2.45, 2.75) is 26.2 Å². The van der Waals surface area contributed by atoms with E-state index in [1.165, 1.54) is 0 Å². The van der Waals surface area contributed by atoms with Crippen molar-refractivity contribution >= 4 is 5.71 Å². The average Bonchev–Trinajstić information content (AvgIpc) is 2.21. The molecule has 3 nitrogen and oxygen atoms in total. The summed E-state index contributed by atoms with van der Waals surface area (Å²) in [6.07, 6.45) is 2.83. The SMILES string of the molecule is CCCC/C(=N/O)c1ccc(O)cc1. The van der Waals surface area contributed by atoms with E-state index in [0.717, 1.165) is 24.8 Å². The quantitative estimate of drug-likeness (QED) is 0.439. The molecule has 0 atom stereocenters. The van der Waals surface area contributed by atoms with Gasteiger partial charge in [0.05, 0.1) is 5.71 Å². The van der Waals surface area contributed by atoms with Gasteiger partial charge in [0.2, 0.25) is 0 Å². The first kappa shape index (κ1) is 10.6. The summed E-state index contributed by atoms with van der Waals surface area (Å²) in [5.41, 5.74) is 1.53. The van der Waals surface area contributed by atoms with Gasteiger partial charge in [0.15, 0.2) is 0 Å². The van der Waals surface area contributed by atoms with Crippen molar-refractivity contribution in [3.63, 3.8) is 0 Å². The van der Waals surface area contributed by atoms with Crippen LogP contribution < -0.4 is 0 Å². The molecule has 0 heterocycles. The lowest BCUT2D eigenvalue weighted by Crippen LogP contribution is -2.00. The zero-order chi connectivity index (χ0) is 10.4. The fraction of sp³-hybridized carbons (Fsp3) is 0.364. The Hall–Kier alpha value is -1.51. The van der Waals surface area contributed by atoms with E-state index in [2.05, 4.69) is 12.1 Å². The second-order valence-corrected chi connectivity index (χ2v) is 3.20. The Morgan fingerprint density at radius 1 is 1.29 bits per heavy atom. The van der Waals surface area contributed by atoms with Gasteiger partial charge in [-0.05, 0) is 42.7 Å². The van der Waals surface area contributed by atoms with E-state index in [1.54, 1.807) is 24.3 Å². The van der Waals surface area contributed by atoms with Gasteiger partial charge in [-0.25, -0.2) is 0 Å². The summed E-state index contributed by atoms with van der Waals surface area (Å²) in [6.45, 7) is 2.09. The second-order valence-electron chi connectivity index (χ2n) is 3.20. The first-order valence-corrected chi connectivity index (χ1v) is 4.78. The van der Waals surface area contributed by atoms with E-state index in [1.807, 2.05) is 0 Å². The normalized spacial score (nSPS) is 11.6. The third-order valence-corrected chi connectivity index (χ3v) is 2.09. The van der Waals surface area contributed by atoms with Crippen molar-refractivity contribution < 1.29 is 10.3 Å². The Morgan fingerprint density at radius 3 is 2.43 bits per heavy atom. The molecule has 1 aromatic rings. The molecule has 0 aromatic heterocycles. The van der Waals surface area contributed by atoms with Gasteiger partial charge in [0.25, 0.3) is 0 Å². The van der Waals surface area contributed by atoms with E-state index in [-0.39, 0.29) is 5.75 Å². The van der Waals surface area contributed by atoms with Crippen molar-refractivity contribution in [1.82, 2.24) is 0 Å². The van der Waals surface area contributed by atoms with Crippen molar-refractivity contribution in [2.24, 2.45) is 5.16 Å². The van der Waals surface area contributed by atoms with Gasteiger partial charge < -0.3 is 10.3 Å².